The van der Waals surface area contributed by atoms with Crippen molar-refractivity contribution in [3.63, 3.8) is 0 Å². The van der Waals surface area contributed by atoms with Crippen LogP contribution in [0.25, 0.3) is 0 Å². The predicted molar refractivity (Wildman–Crippen MR) is 80.0 cm³/mol. The molecule has 0 radical (unpaired) electrons. The number of anilines is 1. The lowest BCUT2D eigenvalue weighted by Gasteiger charge is -2.18. The Labute approximate surface area is 135 Å². The summed E-state index contributed by atoms with van der Waals surface area (Å²) in [5.41, 5.74) is -1.01. The minimum Gasteiger partial charge on any atom is -0.465 e. The summed E-state index contributed by atoms with van der Waals surface area (Å²) in [6.45, 7) is -0.375. The topological polar surface area (TPSA) is 124 Å². The summed E-state index contributed by atoms with van der Waals surface area (Å²) in [6, 6.07) is 3.63. The first-order chi connectivity index (χ1) is 10.7. The number of hydrogen-bond acceptors (Lipinski definition) is 7. The van der Waals surface area contributed by atoms with Crippen LogP contribution in [-0.4, -0.2) is 44.1 Å². The van der Waals surface area contributed by atoms with E-state index in [-0.39, 0.29) is 17.8 Å². The largest absolute Gasteiger partial charge is 0.465 e. The molecule has 9 nitrogen and oxygen atoms in total. The third kappa shape index (κ3) is 3.27. The number of rotatable bonds is 4. The van der Waals surface area contributed by atoms with E-state index in [2.05, 4.69) is 4.74 Å². The van der Waals surface area contributed by atoms with Crippen molar-refractivity contribution in [1.82, 2.24) is 0 Å². The van der Waals surface area contributed by atoms with Crippen LogP contribution in [0.1, 0.15) is 16.8 Å². The Bertz CT molecular complexity index is 793. The van der Waals surface area contributed by atoms with Crippen molar-refractivity contribution >= 4 is 43.0 Å². The summed E-state index contributed by atoms with van der Waals surface area (Å²) in [5, 5.41) is 9.99. The van der Waals surface area contributed by atoms with E-state index < -0.39 is 43.2 Å². The van der Waals surface area contributed by atoms with Crippen LogP contribution in [0, 0.1) is 10.1 Å². The van der Waals surface area contributed by atoms with E-state index in [4.69, 9.17) is 10.7 Å². The summed E-state index contributed by atoms with van der Waals surface area (Å²) >= 11 is 0. The zero-order chi connectivity index (χ0) is 17.4. The summed E-state index contributed by atoms with van der Waals surface area (Å²) in [7, 11) is 2.32. The monoisotopic (exact) mass is 362 g/mol. The Kier molecular flexibility index (Phi) is 4.57. The number of hydrogen-bond donors (Lipinski definition) is 0. The SMILES string of the molecule is COC(=O)c1cccc([N+](=O)[O-])c1N1CC(S(=O)(=O)Cl)CC1=O. The molecule has 1 saturated heterocycles. The smallest absolute Gasteiger partial charge is 0.340 e. The highest BCUT2D eigenvalue weighted by molar-refractivity contribution is 8.14. The Morgan fingerprint density at radius 2 is 2.13 bits per heavy atom. The van der Waals surface area contributed by atoms with Gasteiger partial charge in [0.25, 0.3) is 5.69 Å². The second kappa shape index (κ2) is 6.13. The van der Waals surface area contributed by atoms with Crippen LogP contribution < -0.4 is 4.90 Å². The number of amides is 1. The Hall–Kier alpha value is -2.20. The standard InChI is InChI=1S/C12H11ClN2O7S/c1-22-12(17)8-3-2-4-9(15(18)19)11(8)14-6-7(5-10(14)16)23(13,20)21/h2-4,7H,5-6H2,1H3. The minimum atomic E-state index is -4.02. The Morgan fingerprint density at radius 1 is 1.48 bits per heavy atom. The summed E-state index contributed by atoms with van der Waals surface area (Å²) in [6.07, 6.45) is -0.418. The van der Waals surface area contributed by atoms with E-state index in [1.165, 1.54) is 12.1 Å². The number of carbonyl (C=O) groups excluding carboxylic acids is 2. The van der Waals surface area contributed by atoms with Gasteiger partial charge in [-0.05, 0) is 6.07 Å². The molecule has 0 aromatic heterocycles. The van der Waals surface area contributed by atoms with Crippen molar-refractivity contribution in [2.75, 3.05) is 18.6 Å². The molecule has 1 atom stereocenters. The molecule has 0 saturated carbocycles. The van der Waals surface area contributed by atoms with Crippen LogP contribution >= 0.6 is 10.7 Å². The summed E-state index contributed by atoms with van der Waals surface area (Å²) < 4.78 is 27.4. The van der Waals surface area contributed by atoms with Gasteiger partial charge in [0.1, 0.15) is 10.9 Å². The van der Waals surface area contributed by atoms with Crippen molar-refractivity contribution in [3.8, 4) is 0 Å². The number of benzene rings is 1. The molecule has 124 valence electrons. The van der Waals surface area contributed by atoms with Gasteiger partial charge in [-0.2, -0.15) is 0 Å². The Balaban J connectivity index is 2.60. The zero-order valence-electron chi connectivity index (χ0n) is 11.8. The number of para-hydroxylation sites is 1. The first-order valence-corrected chi connectivity index (χ1v) is 8.63. The summed E-state index contributed by atoms with van der Waals surface area (Å²) in [5.74, 6) is -1.56. The first-order valence-electron chi connectivity index (χ1n) is 6.26. The van der Waals surface area contributed by atoms with Crippen molar-refractivity contribution < 1.29 is 27.7 Å². The number of carbonyl (C=O) groups is 2. The number of esters is 1. The lowest BCUT2D eigenvalue weighted by molar-refractivity contribution is -0.384. The molecule has 1 aromatic rings. The molecule has 0 spiro atoms. The highest BCUT2D eigenvalue weighted by Crippen LogP contribution is 2.36. The van der Waals surface area contributed by atoms with Crippen molar-refractivity contribution in [2.24, 2.45) is 0 Å². The molecule has 0 aliphatic carbocycles. The number of methoxy groups -OCH3 is 1. The molecule has 1 aromatic carbocycles. The fraction of sp³-hybridized carbons (Fsp3) is 0.333. The van der Waals surface area contributed by atoms with Gasteiger partial charge in [0.15, 0.2) is 0 Å². The molecule has 0 N–H and O–H groups in total. The fourth-order valence-electron chi connectivity index (χ4n) is 2.32. The normalized spacial score (nSPS) is 18.1. The van der Waals surface area contributed by atoms with Gasteiger partial charge in [0.05, 0.1) is 17.6 Å². The van der Waals surface area contributed by atoms with Gasteiger partial charge in [-0.1, -0.05) is 6.07 Å². The number of ether oxygens (including phenoxy) is 1. The lowest BCUT2D eigenvalue weighted by Crippen LogP contribution is -2.29. The van der Waals surface area contributed by atoms with Gasteiger partial charge in [0, 0.05) is 29.7 Å². The van der Waals surface area contributed by atoms with Gasteiger partial charge in [-0.15, -0.1) is 0 Å². The molecular formula is C12H11ClN2O7S. The molecule has 1 aliphatic heterocycles. The van der Waals surface area contributed by atoms with Crippen molar-refractivity contribution in [1.29, 1.82) is 0 Å². The van der Waals surface area contributed by atoms with E-state index in [1.807, 2.05) is 0 Å². The predicted octanol–water partition coefficient (Wildman–Crippen LogP) is 1.06. The molecule has 1 fully saturated rings. The van der Waals surface area contributed by atoms with E-state index in [0.29, 0.717) is 0 Å². The number of nitrogens with zero attached hydrogens (tertiary/aromatic N) is 2. The number of nitro groups is 1. The third-order valence-corrected chi connectivity index (χ3v) is 5.24. The van der Waals surface area contributed by atoms with Gasteiger partial charge in [0.2, 0.25) is 15.0 Å². The highest BCUT2D eigenvalue weighted by atomic mass is 35.7. The average molecular weight is 363 g/mol. The third-order valence-electron chi connectivity index (χ3n) is 3.37. The maximum atomic E-state index is 12.1. The second-order valence-electron chi connectivity index (χ2n) is 4.73. The van der Waals surface area contributed by atoms with Crippen LogP contribution in [-0.2, 0) is 18.6 Å². The maximum Gasteiger partial charge on any atom is 0.340 e. The molecule has 1 amide bonds. The zero-order valence-corrected chi connectivity index (χ0v) is 13.3. The number of halogens is 1. The molecule has 23 heavy (non-hydrogen) atoms. The molecule has 11 heteroatoms. The molecule has 1 aliphatic rings. The van der Waals surface area contributed by atoms with Gasteiger partial charge >= 0.3 is 5.97 Å². The van der Waals surface area contributed by atoms with Crippen LogP contribution in [0.5, 0.6) is 0 Å². The highest BCUT2D eigenvalue weighted by Gasteiger charge is 2.41. The van der Waals surface area contributed by atoms with Crippen LogP contribution in [0.2, 0.25) is 0 Å². The Morgan fingerprint density at radius 3 is 2.61 bits per heavy atom. The minimum absolute atomic E-state index is 0.206. The maximum absolute atomic E-state index is 12.1. The van der Waals surface area contributed by atoms with Crippen molar-refractivity contribution in [2.45, 2.75) is 11.7 Å². The molecule has 2 rings (SSSR count). The van der Waals surface area contributed by atoms with Crippen molar-refractivity contribution in [3.05, 3.63) is 33.9 Å². The van der Waals surface area contributed by atoms with E-state index in [1.54, 1.807) is 0 Å². The van der Waals surface area contributed by atoms with Crippen LogP contribution in [0.3, 0.4) is 0 Å². The van der Waals surface area contributed by atoms with E-state index in [9.17, 15) is 28.1 Å². The van der Waals surface area contributed by atoms with Crippen LogP contribution in [0.15, 0.2) is 18.2 Å². The van der Waals surface area contributed by atoms with Gasteiger partial charge < -0.3 is 9.64 Å². The summed E-state index contributed by atoms with van der Waals surface area (Å²) in [4.78, 5) is 35.2. The average Bonchev–Trinajstić information content (AvgIpc) is 2.87. The number of nitro benzene ring substituents is 1. The van der Waals surface area contributed by atoms with Crippen LogP contribution in [0.4, 0.5) is 11.4 Å². The van der Waals surface area contributed by atoms with E-state index in [0.717, 1.165) is 18.1 Å². The van der Waals surface area contributed by atoms with Gasteiger partial charge in [-0.3, -0.25) is 14.9 Å². The van der Waals surface area contributed by atoms with Gasteiger partial charge in [-0.25, -0.2) is 13.2 Å². The molecular weight excluding hydrogens is 352 g/mol. The fourth-order valence-corrected chi connectivity index (χ4v) is 3.34. The molecule has 1 heterocycles. The molecule has 1 unspecified atom stereocenters. The van der Waals surface area contributed by atoms with E-state index >= 15 is 0 Å². The first kappa shape index (κ1) is 17.2. The quantitative estimate of drug-likeness (QED) is 0.339. The lowest BCUT2D eigenvalue weighted by atomic mass is 10.1. The molecule has 0 bridgehead atoms. The second-order valence-corrected chi connectivity index (χ2v) is 7.64.